The molecule has 0 saturated carbocycles. The van der Waals surface area contributed by atoms with Crippen molar-refractivity contribution in [3.63, 3.8) is 0 Å². The van der Waals surface area contributed by atoms with Crippen molar-refractivity contribution >= 4 is 27.5 Å². The average Bonchev–Trinajstić information content (AvgIpc) is 2.90. The highest BCUT2D eigenvalue weighted by molar-refractivity contribution is 7.18. The Balaban J connectivity index is 2.10. The third-order valence-electron chi connectivity index (χ3n) is 2.96. The van der Waals surface area contributed by atoms with E-state index in [0.29, 0.717) is 16.7 Å². The van der Waals surface area contributed by atoms with E-state index in [2.05, 4.69) is 15.0 Å². The fraction of sp³-hybridized carbons (Fsp3) is 0.143. The molecule has 1 aromatic carbocycles. The van der Waals surface area contributed by atoms with Crippen molar-refractivity contribution in [3.05, 3.63) is 47.4 Å². The number of para-hydroxylation sites is 1. The molecule has 0 aliphatic rings. The maximum Gasteiger partial charge on any atom is 0.235 e. The number of aromatic nitrogens is 3. The highest BCUT2D eigenvalue weighted by Crippen LogP contribution is 2.30. The molecule has 6 nitrogen and oxygen atoms in total. The van der Waals surface area contributed by atoms with E-state index in [0.717, 1.165) is 10.2 Å². The standard InChI is InChI=1S/C14H12N4O2S/c1-20-10-6-7-16-13(18-10)11(12(15)19)14-17-8-4-2-3-5-9(8)21-14/h2-7,11H,1H3,(H2,15,19). The summed E-state index contributed by atoms with van der Waals surface area (Å²) in [5.41, 5.74) is 6.35. The summed E-state index contributed by atoms with van der Waals surface area (Å²) in [5, 5.41) is 0.581. The molecule has 0 aliphatic carbocycles. The van der Waals surface area contributed by atoms with Crippen LogP contribution in [-0.4, -0.2) is 28.0 Å². The number of carbonyl (C=O) groups is 1. The number of benzene rings is 1. The fourth-order valence-electron chi connectivity index (χ4n) is 1.98. The number of primary amides is 1. The minimum atomic E-state index is -0.780. The molecule has 3 rings (SSSR count). The maximum absolute atomic E-state index is 11.8. The second kappa shape index (κ2) is 5.45. The van der Waals surface area contributed by atoms with E-state index in [-0.39, 0.29) is 0 Å². The number of nitrogens with two attached hydrogens (primary N) is 1. The number of nitrogens with zero attached hydrogens (tertiary/aromatic N) is 3. The van der Waals surface area contributed by atoms with Crippen LogP contribution in [0.1, 0.15) is 16.7 Å². The average molecular weight is 300 g/mol. The third kappa shape index (κ3) is 2.55. The lowest BCUT2D eigenvalue weighted by Crippen LogP contribution is -2.24. The lowest BCUT2D eigenvalue weighted by Gasteiger charge is -2.09. The van der Waals surface area contributed by atoms with E-state index in [4.69, 9.17) is 10.5 Å². The van der Waals surface area contributed by atoms with Crippen LogP contribution in [0.15, 0.2) is 36.5 Å². The molecule has 0 aliphatic heterocycles. The largest absolute Gasteiger partial charge is 0.481 e. The number of amides is 1. The van der Waals surface area contributed by atoms with Gasteiger partial charge in [0.1, 0.15) is 10.9 Å². The molecule has 2 N–H and O–H groups in total. The van der Waals surface area contributed by atoms with Gasteiger partial charge in [-0.05, 0) is 12.1 Å². The molecule has 0 spiro atoms. The molecule has 3 aromatic rings. The van der Waals surface area contributed by atoms with Gasteiger partial charge in [0.2, 0.25) is 11.8 Å². The summed E-state index contributed by atoms with van der Waals surface area (Å²) in [4.78, 5) is 24.6. The zero-order chi connectivity index (χ0) is 14.8. The molecule has 0 bridgehead atoms. The van der Waals surface area contributed by atoms with Crippen LogP contribution in [0.3, 0.4) is 0 Å². The second-order valence-electron chi connectivity index (χ2n) is 4.31. The van der Waals surface area contributed by atoms with Gasteiger partial charge in [0.25, 0.3) is 0 Å². The summed E-state index contributed by atoms with van der Waals surface area (Å²) in [6, 6.07) is 9.26. The Hall–Kier alpha value is -2.54. The van der Waals surface area contributed by atoms with Gasteiger partial charge >= 0.3 is 0 Å². The number of rotatable bonds is 4. The molecular formula is C14H12N4O2S. The van der Waals surface area contributed by atoms with Gasteiger partial charge in [0.15, 0.2) is 5.82 Å². The fourth-order valence-corrected chi connectivity index (χ4v) is 3.06. The van der Waals surface area contributed by atoms with Crippen molar-refractivity contribution in [3.8, 4) is 5.88 Å². The topological polar surface area (TPSA) is 91.0 Å². The Bertz CT molecular complexity index is 769. The summed E-state index contributed by atoms with van der Waals surface area (Å²) in [6.45, 7) is 0. The first-order valence-corrected chi connectivity index (χ1v) is 7.02. The van der Waals surface area contributed by atoms with Gasteiger partial charge in [-0.25, -0.2) is 9.97 Å². The lowest BCUT2D eigenvalue weighted by molar-refractivity contribution is -0.118. The van der Waals surface area contributed by atoms with E-state index < -0.39 is 11.8 Å². The number of fused-ring (bicyclic) bond motifs is 1. The Morgan fingerprint density at radius 2 is 2.10 bits per heavy atom. The van der Waals surface area contributed by atoms with Crippen molar-refractivity contribution in [2.45, 2.75) is 5.92 Å². The van der Waals surface area contributed by atoms with Gasteiger partial charge in [-0.3, -0.25) is 4.79 Å². The van der Waals surface area contributed by atoms with Crippen molar-refractivity contribution in [1.82, 2.24) is 15.0 Å². The normalized spacial score (nSPS) is 12.2. The summed E-state index contributed by atoms with van der Waals surface area (Å²) < 4.78 is 6.05. The SMILES string of the molecule is COc1ccnc(C(C(N)=O)c2nc3ccccc3s2)n1. The summed E-state index contributed by atoms with van der Waals surface area (Å²) in [5.74, 6) is -0.645. The van der Waals surface area contributed by atoms with Gasteiger partial charge in [-0.15, -0.1) is 11.3 Å². The highest BCUT2D eigenvalue weighted by atomic mass is 32.1. The monoisotopic (exact) mass is 300 g/mol. The Labute approximate surface area is 124 Å². The van der Waals surface area contributed by atoms with Gasteiger partial charge < -0.3 is 10.5 Å². The van der Waals surface area contributed by atoms with E-state index >= 15 is 0 Å². The number of hydrogen-bond acceptors (Lipinski definition) is 6. The van der Waals surface area contributed by atoms with Crippen LogP contribution in [0.4, 0.5) is 0 Å². The van der Waals surface area contributed by atoms with E-state index in [9.17, 15) is 4.79 Å². The minimum Gasteiger partial charge on any atom is -0.481 e. The van der Waals surface area contributed by atoms with Crippen molar-refractivity contribution in [2.75, 3.05) is 7.11 Å². The summed E-state index contributed by atoms with van der Waals surface area (Å²) >= 11 is 1.41. The highest BCUT2D eigenvalue weighted by Gasteiger charge is 2.27. The molecule has 0 saturated heterocycles. The van der Waals surface area contributed by atoms with Crippen LogP contribution in [-0.2, 0) is 4.79 Å². The molecule has 1 amide bonds. The van der Waals surface area contributed by atoms with Crippen LogP contribution in [0.25, 0.3) is 10.2 Å². The predicted octanol–water partition coefficient (Wildman–Crippen LogP) is 1.71. The minimum absolute atomic E-state index is 0.293. The molecule has 0 radical (unpaired) electrons. The second-order valence-corrected chi connectivity index (χ2v) is 5.37. The van der Waals surface area contributed by atoms with Crippen LogP contribution in [0.5, 0.6) is 5.88 Å². The first kappa shape index (κ1) is 13.4. The molecule has 106 valence electrons. The number of hydrogen-bond donors (Lipinski definition) is 1. The molecule has 1 atom stereocenters. The Morgan fingerprint density at radius 1 is 1.29 bits per heavy atom. The number of carbonyl (C=O) groups excluding carboxylic acids is 1. The van der Waals surface area contributed by atoms with E-state index in [1.54, 1.807) is 6.07 Å². The molecule has 0 fully saturated rings. The van der Waals surface area contributed by atoms with Crippen molar-refractivity contribution in [1.29, 1.82) is 0 Å². The molecule has 2 aromatic heterocycles. The number of methoxy groups -OCH3 is 1. The van der Waals surface area contributed by atoms with E-state index in [1.807, 2.05) is 24.3 Å². The maximum atomic E-state index is 11.8. The Kier molecular flexibility index (Phi) is 3.49. The van der Waals surface area contributed by atoms with Gasteiger partial charge in [-0.2, -0.15) is 4.98 Å². The van der Waals surface area contributed by atoms with Crippen molar-refractivity contribution < 1.29 is 9.53 Å². The zero-order valence-corrected chi connectivity index (χ0v) is 12.0. The number of thiazole rings is 1. The van der Waals surface area contributed by atoms with Gasteiger partial charge in [-0.1, -0.05) is 12.1 Å². The van der Waals surface area contributed by atoms with Gasteiger partial charge in [0, 0.05) is 12.3 Å². The van der Waals surface area contributed by atoms with E-state index in [1.165, 1.54) is 24.6 Å². The van der Waals surface area contributed by atoms with Crippen LogP contribution >= 0.6 is 11.3 Å². The number of ether oxygens (including phenoxy) is 1. The molecule has 21 heavy (non-hydrogen) atoms. The molecule has 7 heteroatoms. The smallest absolute Gasteiger partial charge is 0.235 e. The van der Waals surface area contributed by atoms with Gasteiger partial charge in [0.05, 0.1) is 17.3 Å². The molecule has 2 heterocycles. The lowest BCUT2D eigenvalue weighted by atomic mass is 10.1. The first-order chi connectivity index (χ1) is 10.2. The first-order valence-electron chi connectivity index (χ1n) is 6.21. The predicted molar refractivity (Wildman–Crippen MR) is 79.2 cm³/mol. The van der Waals surface area contributed by atoms with Crippen LogP contribution in [0, 0.1) is 0 Å². The molecule has 1 unspecified atom stereocenters. The summed E-state index contributed by atoms with van der Waals surface area (Å²) in [7, 11) is 1.50. The third-order valence-corrected chi connectivity index (χ3v) is 4.06. The van der Waals surface area contributed by atoms with Crippen LogP contribution < -0.4 is 10.5 Å². The quantitative estimate of drug-likeness (QED) is 0.792. The molecular weight excluding hydrogens is 288 g/mol. The van der Waals surface area contributed by atoms with Crippen molar-refractivity contribution in [2.24, 2.45) is 5.73 Å². The Morgan fingerprint density at radius 3 is 2.81 bits per heavy atom. The zero-order valence-electron chi connectivity index (χ0n) is 11.2. The van der Waals surface area contributed by atoms with Crippen LogP contribution in [0.2, 0.25) is 0 Å². The summed E-state index contributed by atoms with van der Waals surface area (Å²) in [6.07, 6.45) is 1.53.